The van der Waals surface area contributed by atoms with Gasteiger partial charge in [0.05, 0.1) is 25.0 Å². The lowest BCUT2D eigenvalue weighted by Crippen LogP contribution is -2.44. The number of likely N-dealkylation sites (tertiary alicyclic amines) is 1. The van der Waals surface area contributed by atoms with Gasteiger partial charge in [-0.1, -0.05) is 30.3 Å². The molecule has 1 aliphatic rings. The van der Waals surface area contributed by atoms with Gasteiger partial charge in [-0.2, -0.15) is 5.10 Å². The molecule has 4 heterocycles. The fourth-order valence-corrected chi connectivity index (χ4v) is 4.72. The van der Waals surface area contributed by atoms with E-state index in [1.807, 2.05) is 54.6 Å². The summed E-state index contributed by atoms with van der Waals surface area (Å²) in [7, 11) is 0. The number of fused-ring (bicyclic) bond motifs is 2. The van der Waals surface area contributed by atoms with Gasteiger partial charge in [-0.05, 0) is 49.2 Å². The van der Waals surface area contributed by atoms with Gasteiger partial charge in [0, 0.05) is 23.1 Å². The number of hydrogen-bond donors (Lipinski definition) is 1. The van der Waals surface area contributed by atoms with Gasteiger partial charge in [0.25, 0.3) is 5.91 Å². The third-order valence-electron chi connectivity index (χ3n) is 6.60. The van der Waals surface area contributed by atoms with Crippen molar-refractivity contribution in [2.24, 2.45) is 5.73 Å². The molecule has 2 aromatic carbocycles. The van der Waals surface area contributed by atoms with Gasteiger partial charge in [0.2, 0.25) is 0 Å². The van der Waals surface area contributed by atoms with Crippen molar-refractivity contribution in [3.8, 4) is 22.7 Å². The van der Waals surface area contributed by atoms with E-state index in [9.17, 15) is 9.59 Å². The predicted octanol–water partition coefficient (Wildman–Crippen LogP) is 4.34. The van der Waals surface area contributed by atoms with Crippen molar-refractivity contribution in [2.45, 2.75) is 18.9 Å². The predicted molar refractivity (Wildman–Crippen MR) is 145 cm³/mol. The van der Waals surface area contributed by atoms with Crippen LogP contribution in [-0.4, -0.2) is 57.1 Å². The Balaban J connectivity index is 0.00000294. The van der Waals surface area contributed by atoms with Crippen LogP contribution in [0.4, 0.5) is 0 Å². The van der Waals surface area contributed by atoms with Crippen LogP contribution in [0.3, 0.4) is 0 Å². The Labute approximate surface area is 224 Å². The zero-order valence-corrected chi connectivity index (χ0v) is 21.3. The highest BCUT2D eigenvalue weighted by atomic mass is 35.5. The number of benzene rings is 2. The molecule has 0 unspecified atom stereocenters. The van der Waals surface area contributed by atoms with E-state index in [-0.39, 0.29) is 31.0 Å². The monoisotopic (exact) mass is 531 g/mol. The molecule has 0 spiro atoms. The Morgan fingerprint density at radius 2 is 1.89 bits per heavy atom. The summed E-state index contributed by atoms with van der Waals surface area (Å²) in [5.74, 6) is 0.149. The summed E-state index contributed by atoms with van der Waals surface area (Å²) in [6, 6.07) is 21.0. The molecule has 1 fully saturated rings. The SMILES string of the molecule is Cl.NCC(=O)O[C@H]1CCCN(C(=O)c2ccc(-c3ccc4ncc(-c5cc6ccccc6o5)n4n3)cc2)C1. The molecule has 1 amide bonds. The number of amides is 1. The van der Waals surface area contributed by atoms with Crippen LogP contribution in [0.25, 0.3) is 39.3 Å². The first-order chi connectivity index (χ1) is 18.1. The lowest BCUT2D eigenvalue weighted by molar-refractivity contribution is -0.149. The van der Waals surface area contributed by atoms with Crippen LogP contribution >= 0.6 is 12.4 Å². The minimum absolute atomic E-state index is 0. The molecule has 3 aromatic heterocycles. The number of rotatable bonds is 5. The largest absolute Gasteiger partial charge is 0.460 e. The van der Waals surface area contributed by atoms with E-state index in [1.54, 1.807) is 27.7 Å². The molecule has 6 rings (SSSR count). The number of halogens is 1. The molecule has 0 aliphatic carbocycles. The Morgan fingerprint density at radius 1 is 1.08 bits per heavy atom. The van der Waals surface area contributed by atoms with E-state index in [0.29, 0.717) is 30.1 Å². The molecule has 1 saturated heterocycles. The van der Waals surface area contributed by atoms with E-state index in [2.05, 4.69) is 4.98 Å². The number of nitrogens with two attached hydrogens (primary N) is 1. The number of carbonyl (C=O) groups excluding carboxylic acids is 2. The van der Waals surface area contributed by atoms with Gasteiger partial charge in [-0.25, -0.2) is 9.50 Å². The second kappa shape index (κ2) is 10.6. The quantitative estimate of drug-likeness (QED) is 0.335. The molecule has 194 valence electrons. The Morgan fingerprint density at radius 3 is 2.68 bits per heavy atom. The Bertz CT molecular complexity index is 1580. The van der Waals surface area contributed by atoms with Gasteiger partial charge in [-0.3, -0.25) is 9.59 Å². The summed E-state index contributed by atoms with van der Waals surface area (Å²) in [6.45, 7) is 0.834. The number of esters is 1. The number of ether oxygens (including phenoxy) is 1. The lowest BCUT2D eigenvalue weighted by Gasteiger charge is -2.32. The van der Waals surface area contributed by atoms with Crippen LogP contribution in [0.5, 0.6) is 0 Å². The second-order valence-corrected chi connectivity index (χ2v) is 9.07. The number of piperidine rings is 1. The standard InChI is InChI=1S/C28H25N5O4.ClH/c29-15-27(34)36-21-5-3-13-32(17-21)28(35)19-9-7-18(8-10-19)22-11-12-26-30-16-23(33(26)31-22)25-14-20-4-1-2-6-24(20)37-25;/h1-2,4,6-12,14,16,21H,3,5,13,15,17,29H2;1H/t21-;/m0./s1. The number of aromatic nitrogens is 3. The summed E-state index contributed by atoms with van der Waals surface area (Å²) in [4.78, 5) is 30.8. The summed E-state index contributed by atoms with van der Waals surface area (Å²) >= 11 is 0. The highest BCUT2D eigenvalue weighted by molar-refractivity contribution is 5.94. The van der Waals surface area contributed by atoms with Crippen molar-refractivity contribution in [3.63, 3.8) is 0 Å². The van der Waals surface area contributed by atoms with Gasteiger partial charge in [0.1, 0.15) is 17.4 Å². The molecule has 1 aliphatic heterocycles. The maximum absolute atomic E-state index is 13.1. The average molecular weight is 532 g/mol. The van der Waals surface area contributed by atoms with Crippen LogP contribution < -0.4 is 5.73 Å². The van der Waals surface area contributed by atoms with Crippen molar-refractivity contribution in [3.05, 3.63) is 78.5 Å². The number of nitrogens with zero attached hydrogens (tertiary/aromatic N) is 4. The maximum atomic E-state index is 13.1. The molecular weight excluding hydrogens is 506 g/mol. The third kappa shape index (κ3) is 4.85. The fraction of sp³-hybridized carbons (Fsp3) is 0.214. The van der Waals surface area contributed by atoms with Crippen LogP contribution in [0, 0.1) is 0 Å². The van der Waals surface area contributed by atoms with Crippen LogP contribution in [0.1, 0.15) is 23.2 Å². The Kier molecular flexibility index (Phi) is 7.13. The van der Waals surface area contributed by atoms with Crippen LogP contribution in [0.2, 0.25) is 0 Å². The van der Waals surface area contributed by atoms with Gasteiger partial charge < -0.3 is 19.8 Å². The topological polar surface area (TPSA) is 116 Å². The summed E-state index contributed by atoms with van der Waals surface area (Å²) in [5.41, 5.74) is 9.81. The van der Waals surface area contributed by atoms with Gasteiger partial charge in [-0.15, -0.1) is 12.4 Å². The summed E-state index contributed by atoms with van der Waals surface area (Å²) < 4.78 is 13.1. The number of para-hydroxylation sites is 1. The molecule has 10 heteroatoms. The van der Waals surface area contributed by atoms with E-state index in [4.69, 9.17) is 20.0 Å². The highest BCUT2D eigenvalue weighted by Crippen LogP contribution is 2.29. The van der Waals surface area contributed by atoms with Crippen LogP contribution in [0.15, 0.2) is 77.3 Å². The minimum atomic E-state index is -0.450. The molecule has 9 nitrogen and oxygen atoms in total. The molecule has 1 atom stereocenters. The van der Waals surface area contributed by atoms with E-state index in [1.165, 1.54) is 0 Å². The zero-order chi connectivity index (χ0) is 25.4. The molecule has 2 N–H and O–H groups in total. The summed E-state index contributed by atoms with van der Waals surface area (Å²) in [5, 5.41) is 5.82. The molecule has 38 heavy (non-hydrogen) atoms. The van der Waals surface area contributed by atoms with Crippen molar-refractivity contribution in [1.82, 2.24) is 19.5 Å². The first kappa shape index (κ1) is 25.4. The maximum Gasteiger partial charge on any atom is 0.320 e. The number of carbonyl (C=O) groups is 2. The van der Waals surface area contributed by atoms with E-state index >= 15 is 0 Å². The number of hydrogen-bond acceptors (Lipinski definition) is 7. The Hall–Kier alpha value is -4.21. The zero-order valence-electron chi connectivity index (χ0n) is 20.4. The normalized spacial score (nSPS) is 15.4. The molecule has 0 bridgehead atoms. The smallest absolute Gasteiger partial charge is 0.320 e. The summed E-state index contributed by atoms with van der Waals surface area (Å²) in [6.07, 6.45) is 2.93. The molecule has 0 radical (unpaired) electrons. The van der Waals surface area contributed by atoms with Gasteiger partial charge in [0.15, 0.2) is 11.4 Å². The van der Waals surface area contributed by atoms with Crippen molar-refractivity contribution >= 4 is 40.9 Å². The lowest BCUT2D eigenvalue weighted by atomic mass is 10.0. The average Bonchev–Trinajstić information content (AvgIpc) is 3.56. The molecule has 0 saturated carbocycles. The third-order valence-corrected chi connectivity index (χ3v) is 6.60. The number of imidazole rings is 1. The highest BCUT2D eigenvalue weighted by Gasteiger charge is 2.26. The molecular formula is C28H26ClN5O4. The molecule has 5 aromatic rings. The van der Waals surface area contributed by atoms with Crippen LogP contribution in [-0.2, 0) is 9.53 Å². The van der Waals surface area contributed by atoms with Crippen molar-refractivity contribution < 1.29 is 18.7 Å². The van der Waals surface area contributed by atoms with E-state index < -0.39 is 5.97 Å². The number of furan rings is 1. The van der Waals surface area contributed by atoms with Gasteiger partial charge >= 0.3 is 5.97 Å². The van der Waals surface area contributed by atoms with E-state index in [0.717, 1.165) is 40.8 Å². The first-order valence-electron chi connectivity index (χ1n) is 12.2. The first-order valence-corrected chi connectivity index (χ1v) is 12.2. The van der Waals surface area contributed by atoms with Crippen molar-refractivity contribution in [2.75, 3.05) is 19.6 Å². The minimum Gasteiger partial charge on any atom is -0.460 e. The fourth-order valence-electron chi connectivity index (χ4n) is 4.72. The van der Waals surface area contributed by atoms with Crippen molar-refractivity contribution in [1.29, 1.82) is 0 Å². The second-order valence-electron chi connectivity index (χ2n) is 9.07.